The first-order valence-corrected chi connectivity index (χ1v) is 4.20. The van der Waals surface area contributed by atoms with Crippen molar-refractivity contribution >= 4 is 0 Å². The minimum absolute atomic E-state index is 0.121. The highest BCUT2D eigenvalue weighted by Crippen LogP contribution is 2.33. The van der Waals surface area contributed by atoms with E-state index in [4.69, 9.17) is 19.9 Å². The van der Waals surface area contributed by atoms with Gasteiger partial charge >= 0.3 is 0 Å². The topological polar surface area (TPSA) is 51.5 Å². The quantitative estimate of drug-likeness (QED) is 0.733. The molecule has 1 N–H and O–H groups in total. The highest BCUT2D eigenvalue weighted by molar-refractivity contribution is 5.50. The zero-order valence-electron chi connectivity index (χ0n) is 8.59. The summed E-state index contributed by atoms with van der Waals surface area (Å²) >= 11 is 0. The summed E-state index contributed by atoms with van der Waals surface area (Å²) < 4.78 is 15.4. The maximum absolute atomic E-state index is 7.36. The molecule has 4 heteroatoms. The van der Waals surface area contributed by atoms with Crippen LogP contribution in [0.15, 0.2) is 12.1 Å². The standard InChI is InChI=1S/C10H14NO3/c1-12-7-4-9(13-2)8(6-11)10(5-7)14-3/h4-5,11H,6H2,1-3H3. The van der Waals surface area contributed by atoms with Gasteiger partial charge in [-0.05, 0) is 0 Å². The molecule has 0 amide bonds. The van der Waals surface area contributed by atoms with E-state index >= 15 is 0 Å². The van der Waals surface area contributed by atoms with Gasteiger partial charge in [0.25, 0.3) is 0 Å². The Balaban J connectivity index is 3.24. The van der Waals surface area contributed by atoms with Gasteiger partial charge in [-0.1, -0.05) is 0 Å². The summed E-state index contributed by atoms with van der Waals surface area (Å²) in [6.07, 6.45) is 0. The van der Waals surface area contributed by atoms with Gasteiger partial charge in [0.1, 0.15) is 17.2 Å². The summed E-state index contributed by atoms with van der Waals surface area (Å²) in [6.45, 7) is 0.121. The molecule has 0 saturated carbocycles. The Labute approximate surface area is 83.6 Å². The second kappa shape index (κ2) is 4.72. The van der Waals surface area contributed by atoms with Gasteiger partial charge in [0.2, 0.25) is 0 Å². The molecule has 0 aliphatic rings. The van der Waals surface area contributed by atoms with Crippen molar-refractivity contribution in [3.63, 3.8) is 0 Å². The molecular weight excluding hydrogens is 182 g/mol. The Bertz CT molecular complexity index is 287. The monoisotopic (exact) mass is 196 g/mol. The third-order valence-electron chi connectivity index (χ3n) is 1.99. The van der Waals surface area contributed by atoms with Gasteiger partial charge < -0.3 is 14.2 Å². The molecule has 4 nitrogen and oxygen atoms in total. The van der Waals surface area contributed by atoms with Crippen LogP contribution in [0.3, 0.4) is 0 Å². The molecule has 1 aromatic rings. The fraction of sp³-hybridized carbons (Fsp3) is 0.400. The lowest BCUT2D eigenvalue weighted by Gasteiger charge is -2.13. The van der Waals surface area contributed by atoms with Crippen LogP contribution in [0.1, 0.15) is 5.56 Å². The fourth-order valence-electron chi connectivity index (χ4n) is 1.25. The smallest absolute Gasteiger partial charge is 0.130 e. The molecule has 0 heterocycles. The lowest BCUT2D eigenvalue weighted by atomic mass is 10.1. The number of methoxy groups -OCH3 is 3. The molecule has 0 aromatic heterocycles. The molecule has 0 saturated heterocycles. The van der Waals surface area contributed by atoms with Crippen molar-refractivity contribution in [3.8, 4) is 17.2 Å². The number of benzene rings is 1. The van der Waals surface area contributed by atoms with Crippen molar-refractivity contribution in [1.29, 1.82) is 0 Å². The first kappa shape index (κ1) is 10.7. The Morgan fingerprint density at radius 3 is 1.79 bits per heavy atom. The summed E-state index contributed by atoms with van der Waals surface area (Å²) in [7, 11) is 4.70. The van der Waals surface area contributed by atoms with Gasteiger partial charge in [-0.25, -0.2) is 0 Å². The molecule has 77 valence electrons. The first-order valence-electron chi connectivity index (χ1n) is 4.20. The Hall–Kier alpha value is -1.42. The molecule has 0 atom stereocenters. The van der Waals surface area contributed by atoms with Crippen molar-refractivity contribution in [3.05, 3.63) is 17.7 Å². The predicted molar refractivity (Wildman–Crippen MR) is 52.9 cm³/mol. The van der Waals surface area contributed by atoms with E-state index in [0.717, 1.165) is 5.56 Å². The minimum atomic E-state index is 0.121. The van der Waals surface area contributed by atoms with Gasteiger partial charge in [0, 0.05) is 18.7 Å². The second-order valence-electron chi connectivity index (χ2n) is 2.69. The molecule has 0 fully saturated rings. The van der Waals surface area contributed by atoms with E-state index in [9.17, 15) is 0 Å². The summed E-state index contributed by atoms with van der Waals surface area (Å²) in [5, 5.41) is 0. The highest BCUT2D eigenvalue weighted by atomic mass is 16.5. The lowest BCUT2D eigenvalue weighted by Crippen LogP contribution is -1.98. The van der Waals surface area contributed by atoms with Gasteiger partial charge in [-0.15, -0.1) is 0 Å². The van der Waals surface area contributed by atoms with Crippen molar-refractivity contribution in [2.24, 2.45) is 0 Å². The van der Waals surface area contributed by atoms with Crippen molar-refractivity contribution in [1.82, 2.24) is 5.73 Å². The second-order valence-corrected chi connectivity index (χ2v) is 2.69. The number of hydrogen-bond donors (Lipinski definition) is 0. The maximum atomic E-state index is 7.36. The van der Waals surface area contributed by atoms with Gasteiger partial charge in [0.15, 0.2) is 0 Å². The molecule has 1 aromatic carbocycles. The molecule has 14 heavy (non-hydrogen) atoms. The third-order valence-corrected chi connectivity index (χ3v) is 1.99. The summed E-state index contributed by atoms with van der Waals surface area (Å²) in [6, 6.07) is 3.48. The van der Waals surface area contributed by atoms with E-state index in [1.807, 2.05) is 0 Å². The molecular formula is C10H14NO3. The molecule has 0 aliphatic carbocycles. The van der Waals surface area contributed by atoms with Crippen LogP contribution < -0.4 is 19.9 Å². The van der Waals surface area contributed by atoms with Gasteiger partial charge in [0.05, 0.1) is 26.9 Å². The van der Waals surface area contributed by atoms with Crippen LogP contribution in [0.2, 0.25) is 0 Å². The van der Waals surface area contributed by atoms with Crippen molar-refractivity contribution < 1.29 is 14.2 Å². The molecule has 0 aliphatic heterocycles. The summed E-state index contributed by atoms with van der Waals surface area (Å²) in [5.41, 5.74) is 8.09. The molecule has 1 radical (unpaired) electrons. The Kier molecular flexibility index (Phi) is 3.59. The Morgan fingerprint density at radius 2 is 1.50 bits per heavy atom. The minimum Gasteiger partial charge on any atom is -0.496 e. The largest absolute Gasteiger partial charge is 0.496 e. The van der Waals surface area contributed by atoms with Crippen molar-refractivity contribution in [2.45, 2.75) is 6.54 Å². The normalized spacial score (nSPS) is 9.71. The van der Waals surface area contributed by atoms with Crippen LogP contribution in [0, 0.1) is 0 Å². The molecule has 0 spiro atoms. The van der Waals surface area contributed by atoms with E-state index in [-0.39, 0.29) is 6.54 Å². The summed E-state index contributed by atoms with van der Waals surface area (Å²) in [4.78, 5) is 0. The Morgan fingerprint density at radius 1 is 1.00 bits per heavy atom. The SMILES string of the molecule is COc1cc(OC)c(C[NH])c(OC)c1. The van der Waals surface area contributed by atoms with Gasteiger partial charge in [-0.2, -0.15) is 0 Å². The number of rotatable bonds is 4. The zero-order chi connectivity index (χ0) is 10.6. The third kappa shape index (κ3) is 1.90. The summed E-state index contributed by atoms with van der Waals surface area (Å²) in [5.74, 6) is 1.91. The highest BCUT2D eigenvalue weighted by Gasteiger charge is 2.11. The molecule has 0 unspecified atom stereocenters. The predicted octanol–water partition coefficient (Wildman–Crippen LogP) is 1.50. The van der Waals surface area contributed by atoms with Gasteiger partial charge in [-0.3, -0.25) is 5.73 Å². The van der Waals surface area contributed by atoms with Crippen LogP contribution in [0.4, 0.5) is 0 Å². The van der Waals surface area contributed by atoms with Crippen LogP contribution in [0.5, 0.6) is 17.2 Å². The van der Waals surface area contributed by atoms with E-state index in [2.05, 4.69) is 0 Å². The fourth-order valence-corrected chi connectivity index (χ4v) is 1.25. The van der Waals surface area contributed by atoms with Crippen LogP contribution >= 0.6 is 0 Å². The average Bonchev–Trinajstić information content (AvgIpc) is 2.26. The number of nitrogens with one attached hydrogen (secondary N) is 1. The number of ether oxygens (including phenoxy) is 3. The van der Waals surface area contributed by atoms with Crippen molar-refractivity contribution in [2.75, 3.05) is 21.3 Å². The molecule has 0 bridgehead atoms. The molecule has 1 rings (SSSR count). The zero-order valence-corrected chi connectivity index (χ0v) is 8.59. The van der Waals surface area contributed by atoms with Crippen LogP contribution in [0.25, 0.3) is 0 Å². The van der Waals surface area contributed by atoms with E-state index in [0.29, 0.717) is 17.2 Å². The van der Waals surface area contributed by atoms with Crippen LogP contribution in [-0.4, -0.2) is 21.3 Å². The lowest BCUT2D eigenvalue weighted by molar-refractivity contribution is 0.368. The van der Waals surface area contributed by atoms with Crippen LogP contribution in [-0.2, 0) is 6.54 Å². The first-order chi connectivity index (χ1) is 6.76. The maximum Gasteiger partial charge on any atom is 0.130 e. The van der Waals surface area contributed by atoms with E-state index in [1.54, 1.807) is 33.5 Å². The number of hydrogen-bond acceptors (Lipinski definition) is 3. The van der Waals surface area contributed by atoms with E-state index in [1.165, 1.54) is 0 Å². The van der Waals surface area contributed by atoms with E-state index < -0.39 is 0 Å². The average molecular weight is 196 g/mol.